The summed E-state index contributed by atoms with van der Waals surface area (Å²) in [7, 11) is 0. The van der Waals surface area contributed by atoms with Crippen LogP contribution in [0.2, 0.25) is 0 Å². The quantitative estimate of drug-likeness (QED) is 0.779. The predicted octanol–water partition coefficient (Wildman–Crippen LogP) is 4.23. The molecule has 0 radical (unpaired) electrons. The highest BCUT2D eigenvalue weighted by molar-refractivity contribution is 5.62. The molecule has 148 valence electrons. The monoisotopic (exact) mass is 380 g/mol. The Labute approximate surface area is 167 Å². The number of pyridine rings is 1. The average Bonchev–Trinajstić information content (AvgIpc) is 2.64. The van der Waals surface area contributed by atoms with Crippen LogP contribution in [0.1, 0.15) is 41.8 Å². The summed E-state index contributed by atoms with van der Waals surface area (Å²) in [4.78, 5) is 9.11. The molecule has 0 atom stereocenters. The molecule has 1 aromatic carbocycles. The number of aromatic nitrogens is 1. The van der Waals surface area contributed by atoms with E-state index in [1.807, 2.05) is 12.3 Å². The predicted molar refractivity (Wildman–Crippen MR) is 111 cm³/mol. The largest absolute Gasteiger partial charge is 0.368 e. The summed E-state index contributed by atoms with van der Waals surface area (Å²) < 4.78 is 14.5. The Balaban J connectivity index is 1.72. The Morgan fingerprint density at radius 2 is 1.86 bits per heavy atom. The van der Waals surface area contributed by atoms with Gasteiger partial charge in [-0.1, -0.05) is 19.9 Å². The van der Waals surface area contributed by atoms with E-state index in [9.17, 15) is 9.65 Å². The molecule has 0 amide bonds. The molecule has 5 heteroatoms. The molecule has 28 heavy (non-hydrogen) atoms. The molecule has 0 bridgehead atoms. The minimum absolute atomic E-state index is 0.164. The third kappa shape index (κ3) is 4.69. The Hall–Kier alpha value is -2.45. The van der Waals surface area contributed by atoms with E-state index in [1.54, 1.807) is 0 Å². The molecular formula is C23H29FN4. The molecule has 0 aliphatic carbocycles. The maximum Gasteiger partial charge on any atom is 0.143 e. The highest BCUT2D eigenvalue weighted by atomic mass is 19.1. The smallest absolute Gasteiger partial charge is 0.143 e. The first-order valence-corrected chi connectivity index (χ1v) is 9.99. The van der Waals surface area contributed by atoms with E-state index in [0.717, 1.165) is 56.1 Å². The van der Waals surface area contributed by atoms with E-state index in [1.165, 1.54) is 17.2 Å². The maximum atomic E-state index is 14.5. The van der Waals surface area contributed by atoms with E-state index in [2.05, 4.69) is 54.6 Å². The number of halogens is 1. The maximum absolute atomic E-state index is 14.5. The normalized spacial score (nSPS) is 15.1. The number of anilines is 1. The molecule has 2 heterocycles. The van der Waals surface area contributed by atoms with E-state index in [-0.39, 0.29) is 5.56 Å². The van der Waals surface area contributed by atoms with Crippen molar-refractivity contribution in [3.05, 3.63) is 58.2 Å². The Bertz CT molecular complexity index is 877. The average molecular weight is 381 g/mol. The van der Waals surface area contributed by atoms with Crippen LogP contribution in [0.5, 0.6) is 0 Å². The first-order chi connectivity index (χ1) is 13.4. The van der Waals surface area contributed by atoms with E-state index in [0.29, 0.717) is 5.92 Å². The van der Waals surface area contributed by atoms with Gasteiger partial charge in [-0.25, -0.2) is 4.39 Å². The SMILES string of the molecule is Cc1cnc(CN2CCN(c3cc(CC(C)C)cc(F)c3C#N)CC2)c(C)c1. The molecule has 2 aromatic rings. The molecule has 4 nitrogen and oxygen atoms in total. The van der Waals surface area contributed by atoms with Crippen LogP contribution in [0.15, 0.2) is 24.4 Å². The van der Waals surface area contributed by atoms with Gasteiger partial charge in [-0.2, -0.15) is 5.26 Å². The minimum atomic E-state index is -0.405. The standard InChI is InChI=1S/C23H29FN4/c1-16(2)9-19-11-21(24)20(13-25)23(12-19)28-7-5-27(6-8-28)15-22-18(4)10-17(3)14-26-22/h10-12,14,16H,5-9,15H2,1-4H3. The zero-order valence-electron chi connectivity index (χ0n) is 17.3. The lowest BCUT2D eigenvalue weighted by atomic mass is 9.99. The fraction of sp³-hybridized carbons (Fsp3) is 0.478. The second-order valence-corrected chi connectivity index (χ2v) is 8.22. The van der Waals surface area contributed by atoms with Gasteiger partial charge in [-0.15, -0.1) is 0 Å². The summed E-state index contributed by atoms with van der Waals surface area (Å²) in [6.07, 6.45) is 2.73. The van der Waals surface area contributed by atoms with E-state index >= 15 is 0 Å². The van der Waals surface area contributed by atoms with Crippen molar-refractivity contribution in [3.8, 4) is 6.07 Å². The molecule has 0 spiro atoms. The molecule has 1 aliphatic rings. The molecule has 0 unspecified atom stereocenters. The third-order valence-electron chi connectivity index (χ3n) is 5.29. The molecule has 1 saturated heterocycles. The highest BCUT2D eigenvalue weighted by Crippen LogP contribution is 2.27. The topological polar surface area (TPSA) is 43.2 Å². The lowest BCUT2D eigenvalue weighted by Crippen LogP contribution is -2.46. The van der Waals surface area contributed by atoms with Crippen molar-refractivity contribution in [2.45, 2.75) is 40.7 Å². The summed E-state index contributed by atoms with van der Waals surface area (Å²) in [5, 5.41) is 9.47. The van der Waals surface area contributed by atoms with Crippen molar-refractivity contribution in [1.82, 2.24) is 9.88 Å². The Morgan fingerprint density at radius 3 is 2.46 bits per heavy atom. The summed E-state index contributed by atoms with van der Waals surface area (Å²) in [6, 6.07) is 7.75. The first kappa shape index (κ1) is 20.3. The zero-order chi connectivity index (χ0) is 20.3. The molecule has 3 rings (SSSR count). The second-order valence-electron chi connectivity index (χ2n) is 8.22. The molecule has 0 N–H and O–H groups in total. The van der Waals surface area contributed by atoms with Crippen molar-refractivity contribution in [1.29, 1.82) is 5.26 Å². The van der Waals surface area contributed by atoms with Crippen molar-refractivity contribution in [2.24, 2.45) is 5.92 Å². The third-order valence-corrected chi connectivity index (χ3v) is 5.29. The molecule has 1 aromatic heterocycles. The van der Waals surface area contributed by atoms with Gasteiger partial charge in [0.15, 0.2) is 0 Å². The molecular weight excluding hydrogens is 351 g/mol. The number of rotatable bonds is 5. The van der Waals surface area contributed by atoms with Crippen LogP contribution in [0, 0.1) is 36.9 Å². The van der Waals surface area contributed by atoms with Crippen LogP contribution >= 0.6 is 0 Å². The van der Waals surface area contributed by atoms with Gasteiger partial charge in [0, 0.05) is 38.9 Å². The van der Waals surface area contributed by atoms with Gasteiger partial charge in [-0.3, -0.25) is 9.88 Å². The van der Waals surface area contributed by atoms with Crippen LogP contribution in [-0.2, 0) is 13.0 Å². The molecule has 1 aliphatic heterocycles. The van der Waals surface area contributed by atoms with Gasteiger partial charge in [0.05, 0.1) is 11.4 Å². The van der Waals surface area contributed by atoms with E-state index in [4.69, 9.17) is 0 Å². The van der Waals surface area contributed by atoms with Gasteiger partial charge < -0.3 is 4.90 Å². The van der Waals surface area contributed by atoms with E-state index < -0.39 is 5.82 Å². The van der Waals surface area contributed by atoms with Crippen LogP contribution in [-0.4, -0.2) is 36.1 Å². The number of nitriles is 1. The van der Waals surface area contributed by atoms with Gasteiger partial charge in [0.25, 0.3) is 0 Å². The van der Waals surface area contributed by atoms with Gasteiger partial charge in [0.2, 0.25) is 0 Å². The fourth-order valence-electron chi connectivity index (χ4n) is 3.86. The molecule has 0 saturated carbocycles. The van der Waals surface area contributed by atoms with Gasteiger partial charge in [0.1, 0.15) is 17.4 Å². The van der Waals surface area contributed by atoms with Crippen LogP contribution < -0.4 is 4.90 Å². The Morgan fingerprint density at radius 1 is 1.14 bits per heavy atom. The Kier molecular flexibility index (Phi) is 6.31. The lowest BCUT2D eigenvalue weighted by Gasteiger charge is -2.36. The van der Waals surface area contributed by atoms with Gasteiger partial charge >= 0.3 is 0 Å². The lowest BCUT2D eigenvalue weighted by molar-refractivity contribution is 0.246. The number of benzene rings is 1. The first-order valence-electron chi connectivity index (χ1n) is 9.99. The van der Waals surface area contributed by atoms with Gasteiger partial charge in [-0.05, 0) is 55.0 Å². The highest BCUT2D eigenvalue weighted by Gasteiger charge is 2.22. The summed E-state index contributed by atoms with van der Waals surface area (Å²) >= 11 is 0. The minimum Gasteiger partial charge on any atom is -0.368 e. The number of piperazine rings is 1. The summed E-state index contributed by atoms with van der Waals surface area (Å²) in [5.41, 5.74) is 5.38. The van der Waals surface area contributed by atoms with Crippen LogP contribution in [0.4, 0.5) is 10.1 Å². The summed E-state index contributed by atoms with van der Waals surface area (Å²) in [5.74, 6) is 0.0415. The van der Waals surface area contributed by atoms with Crippen molar-refractivity contribution in [2.75, 3.05) is 31.1 Å². The molecule has 1 fully saturated rings. The number of hydrogen-bond acceptors (Lipinski definition) is 4. The number of nitrogens with zero attached hydrogens (tertiary/aromatic N) is 4. The zero-order valence-corrected chi connectivity index (χ0v) is 17.3. The summed E-state index contributed by atoms with van der Waals surface area (Å²) in [6.45, 7) is 12.5. The van der Waals surface area contributed by atoms with Crippen LogP contribution in [0.25, 0.3) is 0 Å². The van der Waals surface area contributed by atoms with Crippen molar-refractivity contribution >= 4 is 5.69 Å². The van der Waals surface area contributed by atoms with Crippen LogP contribution in [0.3, 0.4) is 0 Å². The number of hydrogen-bond donors (Lipinski definition) is 0. The second kappa shape index (κ2) is 8.70. The van der Waals surface area contributed by atoms with Crippen molar-refractivity contribution in [3.63, 3.8) is 0 Å². The van der Waals surface area contributed by atoms with Crippen molar-refractivity contribution < 1.29 is 4.39 Å². The fourth-order valence-corrected chi connectivity index (χ4v) is 3.86. The number of aryl methyl sites for hydroxylation is 2.